The molecule has 188 valence electrons. The smallest absolute Gasteiger partial charge is 0.302 e. The first-order valence-corrected chi connectivity index (χ1v) is 14.5. The summed E-state index contributed by atoms with van der Waals surface area (Å²) in [7, 11) is 0. The average molecular weight is 457 g/mol. The fourth-order valence-corrected chi connectivity index (χ4v) is 9.48. The number of fused-ring (bicyclic) bond motifs is 5. The molecule has 3 saturated carbocycles. The summed E-state index contributed by atoms with van der Waals surface area (Å²) in [6.07, 6.45) is 17.3. The summed E-state index contributed by atoms with van der Waals surface area (Å²) in [4.78, 5) is 11.5. The number of rotatable bonds is 7. The van der Waals surface area contributed by atoms with Gasteiger partial charge in [0.1, 0.15) is 6.10 Å². The maximum Gasteiger partial charge on any atom is 0.302 e. The van der Waals surface area contributed by atoms with E-state index in [-0.39, 0.29) is 12.1 Å². The Kier molecular flexibility index (Phi) is 7.43. The van der Waals surface area contributed by atoms with Gasteiger partial charge in [-0.25, -0.2) is 0 Å². The molecule has 2 heteroatoms. The number of carbonyl (C=O) groups excluding carboxylic acids is 1. The first-order valence-electron chi connectivity index (χ1n) is 14.5. The van der Waals surface area contributed by atoms with Gasteiger partial charge in [-0.2, -0.15) is 0 Å². The van der Waals surface area contributed by atoms with Gasteiger partial charge in [-0.1, -0.05) is 66.0 Å². The predicted octanol–water partition coefficient (Wildman–Crippen LogP) is 8.60. The molecule has 4 rings (SSSR count). The van der Waals surface area contributed by atoms with Crippen molar-refractivity contribution in [2.45, 2.75) is 125 Å². The van der Waals surface area contributed by atoms with E-state index in [2.05, 4.69) is 47.6 Å². The van der Waals surface area contributed by atoms with Crippen LogP contribution in [0.1, 0.15) is 119 Å². The maximum atomic E-state index is 11.5. The summed E-state index contributed by atoms with van der Waals surface area (Å²) in [5, 5.41) is 0. The molecule has 0 bridgehead atoms. The molecule has 0 unspecified atom stereocenters. The molecule has 4 aliphatic carbocycles. The van der Waals surface area contributed by atoms with Crippen molar-refractivity contribution in [3.05, 3.63) is 11.6 Å². The molecule has 2 nitrogen and oxygen atoms in total. The molecule has 0 amide bonds. The molecule has 0 spiro atoms. The highest BCUT2D eigenvalue weighted by Crippen LogP contribution is 2.67. The van der Waals surface area contributed by atoms with Gasteiger partial charge < -0.3 is 4.74 Å². The summed E-state index contributed by atoms with van der Waals surface area (Å²) in [6.45, 7) is 16.6. The van der Waals surface area contributed by atoms with Crippen LogP contribution in [0.2, 0.25) is 0 Å². The topological polar surface area (TPSA) is 26.3 Å². The van der Waals surface area contributed by atoms with Crippen LogP contribution in [0.25, 0.3) is 0 Å². The van der Waals surface area contributed by atoms with Crippen LogP contribution in [-0.4, -0.2) is 12.1 Å². The molecule has 0 aromatic carbocycles. The Labute approximate surface area is 204 Å². The summed E-state index contributed by atoms with van der Waals surface area (Å²) < 4.78 is 5.65. The fraction of sp³-hybridized carbons (Fsp3) is 0.903. The quantitative estimate of drug-likeness (QED) is 0.283. The van der Waals surface area contributed by atoms with Crippen molar-refractivity contribution in [3.63, 3.8) is 0 Å². The molecule has 0 aromatic rings. The van der Waals surface area contributed by atoms with Gasteiger partial charge in [-0.3, -0.25) is 4.79 Å². The van der Waals surface area contributed by atoms with E-state index >= 15 is 0 Å². The van der Waals surface area contributed by atoms with E-state index in [4.69, 9.17) is 4.74 Å². The average Bonchev–Trinajstić information content (AvgIpc) is 3.11. The lowest BCUT2D eigenvalue weighted by molar-refractivity contribution is -0.152. The Morgan fingerprint density at radius 1 is 1.03 bits per heavy atom. The van der Waals surface area contributed by atoms with E-state index in [0.29, 0.717) is 16.7 Å². The number of carbonyl (C=O) groups is 1. The van der Waals surface area contributed by atoms with Crippen LogP contribution >= 0.6 is 0 Å². The van der Waals surface area contributed by atoms with Crippen molar-refractivity contribution < 1.29 is 9.53 Å². The second-order valence-corrected chi connectivity index (χ2v) is 13.4. The lowest BCUT2D eigenvalue weighted by Gasteiger charge is -2.58. The third-order valence-electron chi connectivity index (χ3n) is 11.6. The van der Waals surface area contributed by atoms with Gasteiger partial charge in [-0.05, 0) is 110 Å². The zero-order valence-electron chi connectivity index (χ0n) is 22.8. The number of ether oxygens (including phenoxy) is 1. The molecule has 0 aromatic heterocycles. The lowest BCUT2D eigenvalue weighted by Crippen LogP contribution is -2.50. The minimum Gasteiger partial charge on any atom is -0.463 e. The molecule has 4 aliphatic rings. The highest BCUT2D eigenvalue weighted by molar-refractivity contribution is 5.66. The van der Waals surface area contributed by atoms with Crippen molar-refractivity contribution in [2.75, 3.05) is 0 Å². The van der Waals surface area contributed by atoms with Crippen LogP contribution in [0.3, 0.4) is 0 Å². The van der Waals surface area contributed by atoms with Gasteiger partial charge in [0.25, 0.3) is 0 Å². The molecule has 0 heterocycles. The lowest BCUT2D eigenvalue weighted by atomic mass is 9.47. The highest BCUT2D eigenvalue weighted by atomic mass is 16.5. The Bertz CT molecular complexity index is 737. The van der Waals surface area contributed by atoms with Crippen molar-refractivity contribution in [2.24, 2.45) is 52.3 Å². The number of allylic oxidation sites excluding steroid dienone is 2. The second-order valence-electron chi connectivity index (χ2n) is 13.4. The number of hydrogen-bond donors (Lipinski definition) is 0. The molecular weight excluding hydrogens is 404 g/mol. The summed E-state index contributed by atoms with van der Waals surface area (Å²) in [6, 6.07) is 0. The largest absolute Gasteiger partial charge is 0.463 e. The Morgan fingerprint density at radius 2 is 1.73 bits per heavy atom. The third-order valence-corrected chi connectivity index (χ3v) is 11.6. The van der Waals surface area contributed by atoms with E-state index < -0.39 is 0 Å². The predicted molar refractivity (Wildman–Crippen MR) is 138 cm³/mol. The van der Waals surface area contributed by atoms with Crippen LogP contribution in [0, 0.1) is 52.3 Å². The third kappa shape index (κ3) is 4.58. The second kappa shape index (κ2) is 9.69. The maximum absolute atomic E-state index is 11.5. The van der Waals surface area contributed by atoms with Crippen LogP contribution in [0.15, 0.2) is 11.6 Å². The highest BCUT2D eigenvalue weighted by Gasteiger charge is 2.58. The van der Waals surface area contributed by atoms with Gasteiger partial charge in [0, 0.05) is 6.92 Å². The zero-order chi connectivity index (χ0) is 24.0. The normalized spacial score (nSPS) is 42.1. The monoisotopic (exact) mass is 456 g/mol. The molecule has 0 saturated heterocycles. The zero-order valence-corrected chi connectivity index (χ0v) is 22.8. The van der Waals surface area contributed by atoms with Gasteiger partial charge >= 0.3 is 5.97 Å². The van der Waals surface area contributed by atoms with Crippen LogP contribution < -0.4 is 0 Å². The van der Waals surface area contributed by atoms with Gasteiger partial charge in [-0.15, -0.1) is 0 Å². The molecule has 3 fully saturated rings. The molecule has 0 aliphatic heterocycles. The van der Waals surface area contributed by atoms with Crippen LogP contribution in [0.4, 0.5) is 0 Å². The fourth-order valence-electron chi connectivity index (χ4n) is 9.48. The van der Waals surface area contributed by atoms with E-state index in [0.717, 1.165) is 48.3 Å². The van der Waals surface area contributed by atoms with E-state index in [1.807, 2.05) is 5.57 Å². The molecular formula is C31H52O2. The van der Waals surface area contributed by atoms with Gasteiger partial charge in [0.05, 0.1) is 0 Å². The van der Waals surface area contributed by atoms with E-state index in [1.165, 1.54) is 57.8 Å². The minimum absolute atomic E-state index is 0.103. The first kappa shape index (κ1) is 25.3. The summed E-state index contributed by atoms with van der Waals surface area (Å²) in [5.74, 6) is 5.65. The van der Waals surface area contributed by atoms with E-state index in [9.17, 15) is 4.79 Å². The van der Waals surface area contributed by atoms with Gasteiger partial charge in [0.2, 0.25) is 0 Å². The summed E-state index contributed by atoms with van der Waals surface area (Å²) in [5.41, 5.74) is 2.79. The summed E-state index contributed by atoms with van der Waals surface area (Å²) >= 11 is 0. The first-order chi connectivity index (χ1) is 15.6. The molecule has 0 radical (unpaired) electrons. The van der Waals surface area contributed by atoms with Crippen LogP contribution in [-0.2, 0) is 9.53 Å². The van der Waals surface area contributed by atoms with Crippen molar-refractivity contribution in [1.82, 2.24) is 0 Å². The standard InChI is InChI=1S/C31H52O2/c1-8-23(20(2)3)10-9-21(4)27-13-14-28-26-12-11-24-19-25(33-22(5)32)15-17-30(24,6)29(26)16-18-31(27,28)7/h12,20-21,23-25,27-29H,8-11,13-19H2,1-7H3/t21-,23-,24+,25+,27-,28+,29+,30+,31-/m1/s1. The SMILES string of the molecule is CC[C@H](CC[C@@H](C)[C@H]1CC[C@H]2C3=CC[C@H]4C[C@@H](OC(C)=O)CC[C@]4(C)[C@H]3CC[C@]12C)C(C)C. The Morgan fingerprint density at radius 3 is 2.39 bits per heavy atom. The van der Waals surface area contributed by atoms with Gasteiger partial charge in [0.15, 0.2) is 0 Å². The van der Waals surface area contributed by atoms with Crippen molar-refractivity contribution >= 4 is 5.97 Å². The van der Waals surface area contributed by atoms with Crippen molar-refractivity contribution in [3.8, 4) is 0 Å². The Balaban J connectivity index is 1.46. The van der Waals surface area contributed by atoms with Crippen LogP contribution in [0.5, 0.6) is 0 Å². The molecule has 33 heavy (non-hydrogen) atoms. The number of hydrogen-bond acceptors (Lipinski definition) is 2. The number of esters is 1. The Hall–Kier alpha value is -0.790. The van der Waals surface area contributed by atoms with E-state index in [1.54, 1.807) is 6.92 Å². The van der Waals surface area contributed by atoms with Crippen molar-refractivity contribution in [1.29, 1.82) is 0 Å². The molecule has 0 N–H and O–H groups in total. The minimum atomic E-state index is -0.103. The molecule has 9 atom stereocenters.